The molecule has 1 fully saturated rings. The lowest BCUT2D eigenvalue weighted by molar-refractivity contribution is -0.141. The highest BCUT2D eigenvalue weighted by Crippen LogP contribution is 2.32. The Kier molecular flexibility index (Phi) is 15.6. The van der Waals surface area contributed by atoms with Gasteiger partial charge in [0.05, 0.1) is 24.3 Å². The van der Waals surface area contributed by atoms with E-state index in [4.69, 9.17) is 14.4 Å². The molecule has 0 saturated carbocycles. The van der Waals surface area contributed by atoms with Crippen molar-refractivity contribution in [1.82, 2.24) is 9.47 Å². The van der Waals surface area contributed by atoms with Gasteiger partial charge < -0.3 is 19.0 Å². The highest BCUT2D eigenvalue weighted by atomic mass is 16.7. The van der Waals surface area contributed by atoms with E-state index in [1.165, 1.54) is 13.8 Å². The Morgan fingerprint density at radius 1 is 0.722 bits per heavy atom. The summed E-state index contributed by atoms with van der Waals surface area (Å²) in [4.78, 5) is 76.9. The molecule has 3 aromatic rings. The number of benzene rings is 2. The van der Waals surface area contributed by atoms with Crippen LogP contribution in [0.3, 0.4) is 0 Å². The largest absolute Gasteiger partial charge is 0.379 e. The molecule has 0 bridgehead atoms. The van der Waals surface area contributed by atoms with E-state index in [1.807, 2.05) is 18.4 Å². The van der Waals surface area contributed by atoms with Gasteiger partial charge in [-0.2, -0.15) is 0 Å². The van der Waals surface area contributed by atoms with Gasteiger partial charge in [-0.15, -0.1) is 0 Å². The van der Waals surface area contributed by atoms with Crippen LogP contribution in [0.25, 0.3) is 16.6 Å². The van der Waals surface area contributed by atoms with E-state index >= 15 is 0 Å². The zero-order chi connectivity index (χ0) is 39.3. The second-order valence-electron chi connectivity index (χ2n) is 14.2. The van der Waals surface area contributed by atoms with Gasteiger partial charge in [0.15, 0.2) is 5.78 Å². The number of hydrogen-bond acceptors (Lipinski definition) is 11. The molecule has 2 aromatic carbocycles. The van der Waals surface area contributed by atoms with Gasteiger partial charge in [0.1, 0.15) is 11.4 Å². The molecule has 1 aliphatic rings. The molecule has 1 aliphatic heterocycles. The maximum atomic E-state index is 14.5. The molecule has 12 nitrogen and oxygen atoms in total. The van der Waals surface area contributed by atoms with Crippen molar-refractivity contribution in [3.05, 3.63) is 65.4 Å². The third-order valence-electron chi connectivity index (χ3n) is 9.70. The van der Waals surface area contributed by atoms with Gasteiger partial charge in [0.2, 0.25) is 11.6 Å². The minimum absolute atomic E-state index is 0.118. The van der Waals surface area contributed by atoms with Gasteiger partial charge in [-0.05, 0) is 82.0 Å². The Labute approximate surface area is 317 Å². The number of Topliss-reactive ketones (excluding diaryl/α,β-unsaturated/α-hetero) is 3. The summed E-state index contributed by atoms with van der Waals surface area (Å²) in [6.45, 7) is 12.7. The topological polar surface area (TPSA) is 146 Å². The standard InChI is InChI=1S/C42H54N4O8/c1-7-9-11-13-15-36(43-53-29(3)47)39(49)31-17-20-33(21-18-31)46-28-35(41(51)42(5,6)45-23-25-52-26-24-45)34-27-32(19-22-38(34)46)40(50)37(44-54-30(4)48)16-14-12-10-8-2/h17-22,27-28H,7-16,23-26H2,1-6H3/b43-36+,44-37+. The number of carbonyl (C=O) groups is 5. The number of ketones is 3. The zero-order valence-corrected chi connectivity index (χ0v) is 32.6. The molecule has 54 heavy (non-hydrogen) atoms. The number of aromatic nitrogens is 1. The SMILES string of the molecule is CCCCCC/C(=N\OC(C)=O)C(=O)c1ccc(-n2cc(C(=O)C(C)(C)N3CCOCC3)c3cc(C(=O)/C(CCCCCC)=N/OC(C)=O)ccc32)cc1. The molecule has 0 N–H and O–H groups in total. The van der Waals surface area contributed by atoms with Crippen LogP contribution in [0, 0.1) is 0 Å². The molecule has 0 unspecified atom stereocenters. The van der Waals surface area contributed by atoms with Crippen LogP contribution in [-0.4, -0.2) is 82.0 Å². The Balaban J connectivity index is 1.76. The first-order valence-electron chi connectivity index (χ1n) is 19.1. The number of rotatable bonds is 20. The highest BCUT2D eigenvalue weighted by molar-refractivity contribution is 6.46. The fraction of sp³-hybridized carbons (Fsp3) is 0.500. The van der Waals surface area contributed by atoms with Crippen molar-refractivity contribution in [2.24, 2.45) is 10.3 Å². The van der Waals surface area contributed by atoms with Crippen LogP contribution in [-0.2, 0) is 24.0 Å². The molecule has 1 saturated heterocycles. The number of hydrogen-bond donors (Lipinski definition) is 0. The lowest BCUT2D eigenvalue weighted by atomic mass is 9.90. The summed E-state index contributed by atoms with van der Waals surface area (Å²) in [6.07, 6.45) is 9.90. The van der Waals surface area contributed by atoms with Gasteiger partial charge >= 0.3 is 11.9 Å². The van der Waals surface area contributed by atoms with Crippen molar-refractivity contribution in [2.75, 3.05) is 26.3 Å². The average molecular weight is 743 g/mol. The highest BCUT2D eigenvalue weighted by Gasteiger charge is 2.37. The summed E-state index contributed by atoms with van der Waals surface area (Å²) in [5.74, 6) is -2.05. The molecular weight excluding hydrogens is 688 g/mol. The summed E-state index contributed by atoms with van der Waals surface area (Å²) in [5.41, 5.74) is 1.94. The second-order valence-corrected chi connectivity index (χ2v) is 14.2. The first-order valence-corrected chi connectivity index (χ1v) is 19.1. The summed E-state index contributed by atoms with van der Waals surface area (Å²) in [5, 5.41) is 8.40. The smallest absolute Gasteiger partial charge is 0.331 e. The summed E-state index contributed by atoms with van der Waals surface area (Å²) >= 11 is 0. The maximum Gasteiger partial charge on any atom is 0.331 e. The summed E-state index contributed by atoms with van der Waals surface area (Å²) in [7, 11) is 0. The van der Waals surface area contributed by atoms with Crippen molar-refractivity contribution in [3.63, 3.8) is 0 Å². The molecule has 0 radical (unpaired) electrons. The van der Waals surface area contributed by atoms with E-state index in [1.54, 1.807) is 48.7 Å². The van der Waals surface area contributed by atoms with E-state index in [2.05, 4.69) is 29.1 Å². The van der Waals surface area contributed by atoms with Crippen molar-refractivity contribution in [3.8, 4) is 5.69 Å². The number of carbonyl (C=O) groups excluding carboxylic acids is 5. The van der Waals surface area contributed by atoms with Crippen LogP contribution in [0.4, 0.5) is 0 Å². The monoisotopic (exact) mass is 742 g/mol. The predicted octanol–water partition coefficient (Wildman–Crippen LogP) is 8.07. The Bertz CT molecular complexity index is 1870. The van der Waals surface area contributed by atoms with Gasteiger partial charge in [0.25, 0.3) is 0 Å². The Hall–Kier alpha value is -4.81. The molecule has 0 aliphatic carbocycles. The quantitative estimate of drug-likeness (QED) is 0.0369. The van der Waals surface area contributed by atoms with Crippen LogP contribution in [0.1, 0.15) is 137 Å². The molecular formula is C42H54N4O8. The Morgan fingerprint density at radius 2 is 1.24 bits per heavy atom. The van der Waals surface area contributed by atoms with Crippen molar-refractivity contribution >= 4 is 51.6 Å². The fourth-order valence-electron chi connectivity index (χ4n) is 6.55. The Morgan fingerprint density at radius 3 is 1.76 bits per heavy atom. The van der Waals surface area contributed by atoms with E-state index in [0.29, 0.717) is 78.8 Å². The molecule has 12 heteroatoms. The van der Waals surface area contributed by atoms with Gasteiger partial charge in [-0.25, -0.2) is 9.59 Å². The molecule has 0 atom stereocenters. The number of morpholine rings is 1. The molecule has 0 amide bonds. The van der Waals surface area contributed by atoms with Crippen LogP contribution in [0.15, 0.2) is 59.0 Å². The number of ether oxygens (including phenoxy) is 1. The van der Waals surface area contributed by atoms with Crippen LogP contribution in [0.2, 0.25) is 0 Å². The summed E-state index contributed by atoms with van der Waals surface area (Å²) in [6, 6.07) is 12.1. The average Bonchev–Trinajstić information content (AvgIpc) is 3.55. The zero-order valence-electron chi connectivity index (χ0n) is 32.6. The fourth-order valence-corrected chi connectivity index (χ4v) is 6.55. The lowest BCUT2D eigenvalue weighted by Crippen LogP contribution is -2.54. The minimum atomic E-state index is -0.880. The van der Waals surface area contributed by atoms with Crippen LogP contribution in [0.5, 0.6) is 0 Å². The number of oxime groups is 2. The predicted molar refractivity (Wildman–Crippen MR) is 209 cm³/mol. The third-order valence-corrected chi connectivity index (χ3v) is 9.70. The normalized spacial score (nSPS) is 14.3. The van der Waals surface area contributed by atoms with Crippen molar-refractivity contribution in [2.45, 2.75) is 111 Å². The van der Waals surface area contributed by atoms with Crippen molar-refractivity contribution in [1.29, 1.82) is 0 Å². The van der Waals surface area contributed by atoms with Gasteiger partial charge in [-0.1, -0.05) is 62.7 Å². The molecule has 2 heterocycles. The van der Waals surface area contributed by atoms with Crippen molar-refractivity contribution < 1.29 is 38.4 Å². The number of fused-ring (bicyclic) bond motifs is 1. The first-order chi connectivity index (χ1) is 25.9. The lowest BCUT2D eigenvalue weighted by Gasteiger charge is -2.39. The summed E-state index contributed by atoms with van der Waals surface area (Å²) < 4.78 is 7.43. The van der Waals surface area contributed by atoms with E-state index in [9.17, 15) is 24.0 Å². The maximum absolute atomic E-state index is 14.5. The van der Waals surface area contributed by atoms with E-state index in [-0.39, 0.29) is 28.8 Å². The number of nitrogens with zero attached hydrogens (tertiary/aromatic N) is 4. The number of unbranched alkanes of at least 4 members (excludes halogenated alkanes) is 6. The molecule has 1 aromatic heterocycles. The molecule has 4 rings (SSSR count). The van der Waals surface area contributed by atoms with E-state index < -0.39 is 17.5 Å². The molecule has 290 valence electrons. The first kappa shape index (κ1) is 41.9. The second kappa shape index (κ2) is 20.0. The van der Waals surface area contributed by atoms with E-state index in [0.717, 1.165) is 44.9 Å². The van der Waals surface area contributed by atoms with Gasteiger partial charge in [-0.3, -0.25) is 19.3 Å². The minimum Gasteiger partial charge on any atom is -0.379 e. The van der Waals surface area contributed by atoms with Gasteiger partial charge in [0, 0.05) is 60.9 Å². The van der Waals surface area contributed by atoms with Crippen LogP contribution < -0.4 is 0 Å². The van der Waals surface area contributed by atoms with Crippen LogP contribution >= 0.6 is 0 Å². The third kappa shape index (κ3) is 10.9. The molecule has 0 spiro atoms.